The second-order valence-electron chi connectivity index (χ2n) is 9.72. The molecule has 1 aliphatic heterocycles. The van der Waals surface area contributed by atoms with E-state index < -0.39 is 0 Å². The van der Waals surface area contributed by atoms with Crippen molar-refractivity contribution in [1.82, 2.24) is 35.5 Å². The van der Waals surface area contributed by atoms with Crippen molar-refractivity contribution >= 4 is 39.1 Å². The number of hydrogen-bond donors (Lipinski definition) is 3. The van der Waals surface area contributed by atoms with Crippen molar-refractivity contribution in [3.63, 3.8) is 0 Å². The van der Waals surface area contributed by atoms with Gasteiger partial charge in [-0.05, 0) is 63.2 Å². The van der Waals surface area contributed by atoms with Crippen LogP contribution in [0.3, 0.4) is 0 Å². The fourth-order valence-electron chi connectivity index (χ4n) is 5.06. The van der Waals surface area contributed by atoms with Crippen LogP contribution >= 0.6 is 11.3 Å². The molecule has 0 aromatic carbocycles. The van der Waals surface area contributed by atoms with Crippen LogP contribution in [0.25, 0.3) is 54.9 Å². The fourth-order valence-corrected chi connectivity index (χ4v) is 5.99. The summed E-state index contributed by atoms with van der Waals surface area (Å²) >= 11 is 1.48. The molecule has 0 spiro atoms. The van der Waals surface area contributed by atoms with E-state index in [0.717, 1.165) is 85.8 Å². The van der Waals surface area contributed by atoms with Crippen LogP contribution in [-0.2, 0) is 0 Å². The number of Topliss-reactive ketones (excluding diaryl/α,β-unsaturated/α-hetero) is 1. The normalized spacial score (nSPS) is 14.3. The van der Waals surface area contributed by atoms with Gasteiger partial charge in [0.2, 0.25) is 0 Å². The summed E-state index contributed by atoms with van der Waals surface area (Å²) < 4.78 is 6.21. The van der Waals surface area contributed by atoms with Gasteiger partial charge < -0.3 is 15.0 Å². The van der Waals surface area contributed by atoms with Crippen LogP contribution in [0, 0.1) is 0 Å². The summed E-state index contributed by atoms with van der Waals surface area (Å²) in [7, 11) is 0. The van der Waals surface area contributed by atoms with Gasteiger partial charge in [0.05, 0.1) is 34.2 Å². The molecule has 0 bridgehead atoms. The van der Waals surface area contributed by atoms with Gasteiger partial charge in [-0.3, -0.25) is 19.9 Å². The zero-order valence-electron chi connectivity index (χ0n) is 21.2. The molecule has 0 saturated carbocycles. The number of rotatable bonds is 6. The molecule has 7 rings (SSSR count). The molecular weight excluding hydrogens is 510 g/mol. The summed E-state index contributed by atoms with van der Waals surface area (Å²) in [4.78, 5) is 30.5. The fraction of sp³-hybridized carbons (Fsp3) is 0.207. The summed E-state index contributed by atoms with van der Waals surface area (Å²) in [5, 5.41) is 12.9. The first kappa shape index (κ1) is 23.7. The molecule has 9 nitrogen and oxygen atoms in total. The molecule has 6 aromatic rings. The summed E-state index contributed by atoms with van der Waals surface area (Å²) in [6.07, 6.45) is 11.2. The maximum atomic E-state index is 11.8. The Morgan fingerprint density at radius 2 is 1.82 bits per heavy atom. The third-order valence-corrected chi connectivity index (χ3v) is 8.30. The van der Waals surface area contributed by atoms with Gasteiger partial charge in [0, 0.05) is 50.9 Å². The Morgan fingerprint density at radius 1 is 0.974 bits per heavy atom. The van der Waals surface area contributed by atoms with Gasteiger partial charge in [-0.25, -0.2) is 4.98 Å². The van der Waals surface area contributed by atoms with E-state index in [9.17, 15) is 4.79 Å². The van der Waals surface area contributed by atoms with Crippen LogP contribution in [0.2, 0.25) is 0 Å². The highest BCUT2D eigenvalue weighted by Gasteiger charge is 2.18. The Bertz CT molecular complexity index is 1830. The third kappa shape index (κ3) is 4.47. The molecule has 0 unspecified atom stereocenters. The summed E-state index contributed by atoms with van der Waals surface area (Å²) in [5.74, 6) is 0.830. The van der Waals surface area contributed by atoms with Crippen molar-refractivity contribution < 1.29 is 9.53 Å². The van der Waals surface area contributed by atoms with Crippen molar-refractivity contribution in [1.29, 1.82) is 0 Å². The molecule has 1 aliphatic rings. The Kier molecular flexibility index (Phi) is 5.90. The molecule has 10 heteroatoms. The van der Waals surface area contributed by atoms with Crippen LogP contribution < -0.4 is 10.1 Å². The molecular formula is C29H25N7O2S. The molecule has 0 amide bonds. The standard InChI is InChI=1S/C29H25N7O2S/c1-16(37)26-2-3-27(39-26)23-14-32-15-25-21(23)10-24(34-25)28-22-9-18(12-33-29(22)36-35-28)17-8-20(13-31-11-17)38-19-4-6-30-7-5-19/h2-3,8-15,19,30,34H,4-7H2,1H3,(H,33,35,36). The highest BCUT2D eigenvalue weighted by Crippen LogP contribution is 2.37. The first-order chi connectivity index (χ1) is 19.1. The molecule has 0 atom stereocenters. The van der Waals surface area contributed by atoms with E-state index >= 15 is 0 Å². The molecule has 39 heavy (non-hydrogen) atoms. The van der Waals surface area contributed by atoms with E-state index in [-0.39, 0.29) is 11.9 Å². The van der Waals surface area contributed by atoms with Gasteiger partial charge in [-0.1, -0.05) is 0 Å². The van der Waals surface area contributed by atoms with Crippen LogP contribution in [-0.4, -0.2) is 55.1 Å². The summed E-state index contributed by atoms with van der Waals surface area (Å²) in [5.41, 5.74) is 6.10. The van der Waals surface area contributed by atoms with Crippen molar-refractivity contribution in [2.24, 2.45) is 0 Å². The number of hydrogen-bond acceptors (Lipinski definition) is 8. The second kappa shape index (κ2) is 9.72. The number of nitrogens with one attached hydrogen (secondary N) is 3. The summed E-state index contributed by atoms with van der Waals surface area (Å²) in [6, 6.07) is 10.0. The van der Waals surface area contributed by atoms with Gasteiger partial charge in [0.15, 0.2) is 11.4 Å². The minimum Gasteiger partial charge on any atom is -0.489 e. The molecule has 0 radical (unpaired) electrons. The smallest absolute Gasteiger partial charge is 0.181 e. The monoisotopic (exact) mass is 535 g/mol. The number of ether oxygens (including phenoxy) is 1. The van der Waals surface area contributed by atoms with Gasteiger partial charge in [-0.2, -0.15) is 5.10 Å². The molecule has 6 aromatic heterocycles. The molecule has 0 aliphatic carbocycles. The number of fused-ring (bicyclic) bond motifs is 2. The summed E-state index contributed by atoms with van der Waals surface area (Å²) in [6.45, 7) is 3.53. The lowest BCUT2D eigenvalue weighted by Gasteiger charge is -2.23. The van der Waals surface area contributed by atoms with Crippen LogP contribution in [0.1, 0.15) is 29.4 Å². The largest absolute Gasteiger partial charge is 0.489 e. The number of carbonyl (C=O) groups excluding carboxylic acids is 1. The Balaban J connectivity index is 1.25. The van der Waals surface area contributed by atoms with Crippen molar-refractivity contribution in [3.05, 3.63) is 66.2 Å². The van der Waals surface area contributed by atoms with Crippen molar-refractivity contribution in [2.75, 3.05) is 13.1 Å². The molecule has 1 fully saturated rings. The van der Waals surface area contributed by atoms with E-state index in [1.54, 1.807) is 13.1 Å². The number of H-pyrrole nitrogens is 2. The van der Waals surface area contributed by atoms with Crippen LogP contribution in [0.4, 0.5) is 0 Å². The maximum absolute atomic E-state index is 11.8. The number of aromatic nitrogens is 6. The topological polar surface area (TPSA) is 121 Å². The maximum Gasteiger partial charge on any atom is 0.181 e. The first-order valence-electron chi connectivity index (χ1n) is 12.9. The van der Waals surface area contributed by atoms with Gasteiger partial charge in [0.25, 0.3) is 0 Å². The minimum absolute atomic E-state index is 0.0620. The lowest BCUT2D eigenvalue weighted by Crippen LogP contribution is -2.34. The van der Waals surface area contributed by atoms with Gasteiger partial charge in [0.1, 0.15) is 11.9 Å². The SMILES string of the molecule is CC(=O)c1ccc(-c2cncc3[nH]c(-c4[nH]nc5ncc(-c6cncc(OC7CCNCC7)c6)cc45)cc23)s1. The average molecular weight is 536 g/mol. The van der Waals surface area contributed by atoms with Crippen LogP contribution in [0.5, 0.6) is 5.75 Å². The van der Waals surface area contributed by atoms with Crippen molar-refractivity contribution in [2.45, 2.75) is 25.9 Å². The van der Waals surface area contributed by atoms with E-state index in [4.69, 9.17) is 4.74 Å². The number of pyridine rings is 3. The van der Waals surface area contributed by atoms with E-state index in [2.05, 4.69) is 47.6 Å². The number of carbonyl (C=O) groups is 1. The van der Waals surface area contributed by atoms with Crippen LogP contribution in [0.15, 0.2) is 61.3 Å². The van der Waals surface area contributed by atoms with Gasteiger partial charge in [-0.15, -0.1) is 11.3 Å². The first-order valence-corrected chi connectivity index (χ1v) is 13.7. The lowest BCUT2D eigenvalue weighted by molar-refractivity contribution is 0.102. The number of aromatic amines is 2. The van der Waals surface area contributed by atoms with E-state index in [1.165, 1.54) is 11.3 Å². The Hall–Kier alpha value is -4.41. The zero-order valence-corrected chi connectivity index (χ0v) is 22.0. The highest BCUT2D eigenvalue weighted by molar-refractivity contribution is 7.17. The zero-order chi connectivity index (χ0) is 26.3. The number of ketones is 1. The van der Waals surface area contributed by atoms with E-state index in [0.29, 0.717) is 5.65 Å². The third-order valence-electron chi connectivity index (χ3n) is 7.08. The predicted octanol–water partition coefficient (Wildman–Crippen LogP) is 5.63. The second-order valence-corrected chi connectivity index (χ2v) is 10.8. The molecule has 7 heterocycles. The highest BCUT2D eigenvalue weighted by atomic mass is 32.1. The molecule has 1 saturated heterocycles. The molecule has 3 N–H and O–H groups in total. The number of piperidine rings is 1. The quantitative estimate of drug-likeness (QED) is 0.237. The minimum atomic E-state index is 0.0620. The van der Waals surface area contributed by atoms with Gasteiger partial charge >= 0.3 is 0 Å². The predicted molar refractivity (Wildman–Crippen MR) is 152 cm³/mol. The Labute approximate surface area is 227 Å². The Morgan fingerprint density at radius 3 is 2.67 bits per heavy atom. The van der Waals surface area contributed by atoms with E-state index in [1.807, 2.05) is 43.0 Å². The lowest BCUT2D eigenvalue weighted by atomic mass is 10.1. The number of thiophene rings is 1. The molecule has 194 valence electrons. The average Bonchev–Trinajstić information content (AvgIpc) is 3.71. The van der Waals surface area contributed by atoms with Crippen molar-refractivity contribution in [3.8, 4) is 38.7 Å². The number of nitrogens with zero attached hydrogens (tertiary/aromatic N) is 4.